The number of allylic oxidation sites excluding steroid dienone is 1. The molecule has 1 nitrogen and oxygen atoms in total. The summed E-state index contributed by atoms with van der Waals surface area (Å²) >= 11 is 0. The molecule has 0 N–H and O–H groups in total. The summed E-state index contributed by atoms with van der Waals surface area (Å²) in [6.45, 7) is 11.3. The Hall–Kier alpha value is -0.590. The first-order valence-electron chi connectivity index (χ1n) is 3.62. The van der Waals surface area contributed by atoms with E-state index in [1.807, 2.05) is 20.8 Å². The Morgan fingerprint density at radius 2 is 1.90 bits per heavy atom. The summed E-state index contributed by atoms with van der Waals surface area (Å²) in [5.41, 5.74) is 0.669. The van der Waals surface area contributed by atoms with Crippen LogP contribution in [0.15, 0.2) is 12.2 Å². The third-order valence-electron chi connectivity index (χ3n) is 2.43. The zero-order valence-corrected chi connectivity index (χ0v) is 7.32. The highest BCUT2D eigenvalue weighted by molar-refractivity contribution is 5.84. The van der Waals surface area contributed by atoms with Gasteiger partial charge in [-0.3, -0.25) is 4.79 Å². The van der Waals surface area contributed by atoms with E-state index in [-0.39, 0.29) is 11.2 Å². The molecule has 0 aromatic heterocycles. The van der Waals surface area contributed by atoms with E-state index in [0.717, 1.165) is 12.0 Å². The molecule has 1 unspecified atom stereocenters. The summed E-state index contributed by atoms with van der Waals surface area (Å²) in [7, 11) is 0. The van der Waals surface area contributed by atoms with E-state index < -0.39 is 0 Å². The molecule has 0 spiro atoms. The summed E-state index contributed by atoms with van der Waals surface area (Å²) in [6, 6.07) is 0. The maximum atomic E-state index is 11.1. The van der Waals surface area contributed by atoms with Crippen molar-refractivity contribution in [3.05, 3.63) is 12.2 Å². The van der Waals surface area contributed by atoms with Crippen molar-refractivity contribution in [3.8, 4) is 0 Å². The summed E-state index contributed by atoms with van der Waals surface area (Å²) in [5, 5.41) is 0. The number of hydrogen-bond acceptors (Lipinski definition) is 1. The molecule has 1 atom stereocenters. The molecule has 0 fully saturated rings. The van der Waals surface area contributed by atoms with Gasteiger partial charge in [-0.2, -0.15) is 0 Å². The van der Waals surface area contributed by atoms with Crippen molar-refractivity contribution in [2.75, 3.05) is 0 Å². The molecule has 0 aliphatic heterocycles. The van der Waals surface area contributed by atoms with Crippen molar-refractivity contribution in [1.82, 2.24) is 0 Å². The van der Waals surface area contributed by atoms with Gasteiger partial charge in [-0.05, 0) is 27.2 Å². The van der Waals surface area contributed by atoms with E-state index in [9.17, 15) is 4.79 Å². The van der Waals surface area contributed by atoms with Gasteiger partial charge in [-0.25, -0.2) is 0 Å². The molecule has 0 aliphatic rings. The van der Waals surface area contributed by atoms with Crippen LogP contribution in [-0.4, -0.2) is 5.78 Å². The number of carbonyl (C=O) groups is 1. The van der Waals surface area contributed by atoms with Crippen LogP contribution in [0, 0.1) is 5.41 Å². The van der Waals surface area contributed by atoms with Crippen LogP contribution in [-0.2, 0) is 4.79 Å². The van der Waals surface area contributed by atoms with Gasteiger partial charge < -0.3 is 0 Å². The third kappa shape index (κ3) is 1.47. The standard InChI is InChI=1S/C9H16O/c1-6-9(5,7(2)3)8(4)10/h2,6H2,1,3-5H3. The lowest BCUT2D eigenvalue weighted by Crippen LogP contribution is -2.25. The summed E-state index contributed by atoms with van der Waals surface area (Å²) < 4.78 is 0. The highest BCUT2D eigenvalue weighted by atomic mass is 16.1. The zero-order valence-electron chi connectivity index (χ0n) is 7.32. The maximum Gasteiger partial charge on any atom is 0.139 e. The lowest BCUT2D eigenvalue weighted by Gasteiger charge is -2.24. The molecular formula is C9H16O. The van der Waals surface area contributed by atoms with Crippen LogP contribution < -0.4 is 0 Å². The van der Waals surface area contributed by atoms with Gasteiger partial charge in [-0.15, -0.1) is 0 Å². The fourth-order valence-electron chi connectivity index (χ4n) is 0.851. The van der Waals surface area contributed by atoms with Crippen molar-refractivity contribution in [2.24, 2.45) is 5.41 Å². The molecule has 0 amide bonds. The topological polar surface area (TPSA) is 17.1 Å². The predicted molar refractivity (Wildman–Crippen MR) is 43.9 cm³/mol. The quantitative estimate of drug-likeness (QED) is 0.551. The monoisotopic (exact) mass is 140 g/mol. The molecule has 0 radical (unpaired) electrons. The first-order chi connectivity index (χ1) is 4.45. The first kappa shape index (κ1) is 9.41. The number of rotatable bonds is 3. The third-order valence-corrected chi connectivity index (χ3v) is 2.43. The van der Waals surface area contributed by atoms with E-state index in [1.54, 1.807) is 6.92 Å². The molecule has 0 rings (SSSR count). The molecule has 0 saturated carbocycles. The van der Waals surface area contributed by atoms with Crippen LogP contribution in [0.25, 0.3) is 0 Å². The Morgan fingerprint density at radius 1 is 1.50 bits per heavy atom. The highest BCUT2D eigenvalue weighted by Gasteiger charge is 2.27. The first-order valence-corrected chi connectivity index (χ1v) is 3.62. The molecule has 0 aromatic rings. The summed E-state index contributed by atoms with van der Waals surface area (Å²) in [6.07, 6.45) is 0.845. The van der Waals surface area contributed by atoms with Crippen LogP contribution in [0.3, 0.4) is 0 Å². The Kier molecular flexibility index (Phi) is 2.82. The van der Waals surface area contributed by atoms with Crippen molar-refractivity contribution < 1.29 is 4.79 Å². The lowest BCUT2D eigenvalue weighted by atomic mass is 9.78. The minimum atomic E-state index is -0.292. The number of Topliss-reactive ketones (excluding diaryl/α,β-unsaturated/α-hetero) is 1. The van der Waals surface area contributed by atoms with Gasteiger partial charge in [0, 0.05) is 5.41 Å². The second-order valence-corrected chi connectivity index (χ2v) is 3.02. The van der Waals surface area contributed by atoms with E-state index in [0.29, 0.717) is 0 Å². The highest BCUT2D eigenvalue weighted by Crippen LogP contribution is 2.29. The van der Waals surface area contributed by atoms with E-state index in [4.69, 9.17) is 0 Å². The average Bonchev–Trinajstić information content (AvgIpc) is 1.85. The summed E-state index contributed by atoms with van der Waals surface area (Å²) in [5.74, 6) is 0.211. The number of carbonyl (C=O) groups excluding carboxylic acids is 1. The molecular weight excluding hydrogens is 124 g/mol. The largest absolute Gasteiger partial charge is 0.299 e. The fourth-order valence-corrected chi connectivity index (χ4v) is 0.851. The molecule has 58 valence electrons. The minimum absolute atomic E-state index is 0.211. The molecule has 10 heavy (non-hydrogen) atoms. The van der Waals surface area contributed by atoms with Gasteiger partial charge in [-0.1, -0.05) is 19.1 Å². The zero-order chi connectivity index (χ0) is 8.36. The van der Waals surface area contributed by atoms with Crippen molar-refractivity contribution in [1.29, 1.82) is 0 Å². The molecule has 0 aliphatic carbocycles. The van der Waals surface area contributed by atoms with E-state index >= 15 is 0 Å². The molecule has 0 saturated heterocycles. The summed E-state index contributed by atoms with van der Waals surface area (Å²) in [4.78, 5) is 11.1. The van der Waals surface area contributed by atoms with Gasteiger partial charge in [0.25, 0.3) is 0 Å². The normalized spacial score (nSPS) is 16.0. The number of ketones is 1. The minimum Gasteiger partial charge on any atom is -0.299 e. The second-order valence-electron chi connectivity index (χ2n) is 3.02. The second kappa shape index (κ2) is 3.00. The van der Waals surface area contributed by atoms with Gasteiger partial charge in [0.15, 0.2) is 0 Å². The van der Waals surface area contributed by atoms with Crippen LogP contribution in [0.1, 0.15) is 34.1 Å². The Balaban J connectivity index is 4.55. The van der Waals surface area contributed by atoms with Crippen LogP contribution >= 0.6 is 0 Å². The van der Waals surface area contributed by atoms with Gasteiger partial charge in [0.2, 0.25) is 0 Å². The lowest BCUT2D eigenvalue weighted by molar-refractivity contribution is -0.124. The molecule has 1 heteroatoms. The van der Waals surface area contributed by atoms with Crippen molar-refractivity contribution in [3.63, 3.8) is 0 Å². The Morgan fingerprint density at radius 3 is 1.90 bits per heavy atom. The van der Waals surface area contributed by atoms with E-state index in [1.165, 1.54) is 0 Å². The van der Waals surface area contributed by atoms with Gasteiger partial charge >= 0.3 is 0 Å². The van der Waals surface area contributed by atoms with Crippen molar-refractivity contribution in [2.45, 2.75) is 34.1 Å². The Labute approximate surface area is 63.1 Å². The average molecular weight is 140 g/mol. The van der Waals surface area contributed by atoms with Crippen LogP contribution in [0.4, 0.5) is 0 Å². The van der Waals surface area contributed by atoms with Crippen LogP contribution in [0.5, 0.6) is 0 Å². The Bertz CT molecular complexity index is 142. The SMILES string of the molecule is C=C(C)C(C)(CC)C(C)=O. The van der Waals surface area contributed by atoms with Gasteiger partial charge in [0.1, 0.15) is 5.78 Å². The van der Waals surface area contributed by atoms with Crippen molar-refractivity contribution >= 4 is 5.78 Å². The van der Waals surface area contributed by atoms with Crippen LogP contribution in [0.2, 0.25) is 0 Å². The molecule has 0 bridgehead atoms. The van der Waals surface area contributed by atoms with Gasteiger partial charge in [0.05, 0.1) is 0 Å². The molecule has 0 heterocycles. The number of hydrogen-bond donors (Lipinski definition) is 0. The fraction of sp³-hybridized carbons (Fsp3) is 0.667. The predicted octanol–water partition coefficient (Wildman–Crippen LogP) is 2.57. The maximum absolute atomic E-state index is 11.1. The smallest absolute Gasteiger partial charge is 0.139 e. The molecule has 0 aromatic carbocycles. The van der Waals surface area contributed by atoms with E-state index in [2.05, 4.69) is 6.58 Å².